The van der Waals surface area contributed by atoms with Crippen molar-refractivity contribution in [1.29, 1.82) is 0 Å². The molecule has 2 aromatic carbocycles. The van der Waals surface area contributed by atoms with E-state index in [9.17, 15) is 9.59 Å². The molecule has 3 aliphatic rings. The average molecular weight is 500 g/mol. The fraction of sp³-hybridized carbons (Fsp3) is 0.481. The normalized spacial score (nSPS) is 26.6. The summed E-state index contributed by atoms with van der Waals surface area (Å²) in [6.45, 7) is 6.22. The topological polar surface area (TPSA) is 52.6 Å². The molecule has 1 aliphatic carbocycles. The molecule has 2 fully saturated rings. The summed E-state index contributed by atoms with van der Waals surface area (Å²) in [6, 6.07) is 13.3. The van der Waals surface area contributed by atoms with Crippen molar-refractivity contribution in [2.75, 3.05) is 26.2 Å². The Balaban J connectivity index is 1.32. The van der Waals surface area contributed by atoms with Gasteiger partial charge in [0.25, 0.3) is 11.8 Å². The summed E-state index contributed by atoms with van der Waals surface area (Å²) in [5, 5.41) is 4.69. The zero-order valence-electron chi connectivity index (χ0n) is 19.5. The largest absolute Gasteiger partial charge is 0.314 e. The van der Waals surface area contributed by atoms with E-state index in [1.54, 1.807) is 12.1 Å². The van der Waals surface area contributed by atoms with Gasteiger partial charge in [0, 0.05) is 38.3 Å². The van der Waals surface area contributed by atoms with E-state index in [1.807, 2.05) is 24.3 Å². The van der Waals surface area contributed by atoms with Crippen LogP contribution in [0.15, 0.2) is 42.5 Å². The number of carbonyl (C=O) groups is 2. The number of halogens is 2. The molecule has 7 heteroatoms. The molecule has 34 heavy (non-hydrogen) atoms. The van der Waals surface area contributed by atoms with Crippen molar-refractivity contribution < 1.29 is 9.59 Å². The molecule has 2 heterocycles. The molecule has 1 atom stereocenters. The molecule has 180 valence electrons. The van der Waals surface area contributed by atoms with Gasteiger partial charge < -0.3 is 5.32 Å². The number of rotatable bonds is 5. The molecule has 2 aromatic rings. The molecule has 0 bridgehead atoms. The van der Waals surface area contributed by atoms with Crippen molar-refractivity contribution in [3.05, 3.63) is 69.2 Å². The maximum absolute atomic E-state index is 13.0. The van der Waals surface area contributed by atoms with Crippen LogP contribution in [0.5, 0.6) is 0 Å². The van der Waals surface area contributed by atoms with Gasteiger partial charge in [-0.15, -0.1) is 0 Å². The van der Waals surface area contributed by atoms with E-state index in [1.165, 1.54) is 4.90 Å². The van der Waals surface area contributed by atoms with Gasteiger partial charge in [-0.2, -0.15) is 0 Å². The Labute approximate surface area is 211 Å². The van der Waals surface area contributed by atoms with Crippen LogP contribution >= 0.6 is 23.2 Å². The van der Waals surface area contributed by atoms with Crippen molar-refractivity contribution in [2.45, 2.75) is 51.1 Å². The van der Waals surface area contributed by atoms with E-state index in [4.69, 9.17) is 23.2 Å². The first-order valence-corrected chi connectivity index (χ1v) is 13.0. The van der Waals surface area contributed by atoms with Crippen molar-refractivity contribution in [3.63, 3.8) is 0 Å². The van der Waals surface area contributed by atoms with E-state index in [2.05, 4.69) is 23.2 Å². The summed E-state index contributed by atoms with van der Waals surface area (Å²) in [6.07, 6.45) is 4.57. The number of carbonyl (C=O) groups excluding carboxylic acids is 2. The Morgan fingerprint density at radius 2 is 1.59 bits per heavy atom. The first-order chi connectivity index (χ1) is 16.4. The van der Waals surface area contributed by atoms with Gasteiger partial charge >= 0.3 is 0 Å². The third-order valence-corrected chi connectivity index (χ3v) is 8.81. The first-order valence-electron chi connectivity index (χ1n) is 12.2. The third-order valence-electron chi connectivity index (χ3n) is 7.97. The number of nitrogens with one attached hydrogen (secondary N) is 1. The number of amides is 2. The van der Waals surface area contributed by atoms with E-state index in [0.29, 0.717) is 21.2 Å². The van der Waals surface area contributed by atoms with E-state index in [0.717, 1.165) is 63.8 Å². The van der Waals surface area contributed by atoms with Crippen LogP contribution in [0.4, 0.5) is 0 Å². The van der Waals surface area contributed by atoms with Crippen molar-refractivity contribution in [2.24, 2.45) is 5.41 Å². The van der Waals surface area contributed by atoms with Crippen molar-refractivity contribution >= 4 is 35.0 Å². The van der Waals surface area contributed by atoms with Gasteiger partial charge in [0.1, 0.15) is 0 Å². The second-order valence-electron chi connectivity index (χ2n) is 10.2. The van der Waals surface area contributed by atoms with E-state index >= 15 is 0 Å². The van der Waals surface area contributed by atoms with Crippen LogP contribution in [0.3, 0.4) is 0 Å². The smallest absolute Gasteiger partial charge is 0.261 e. The zero-order chi connectivity index (χ0) is 23.9. The molecular weight excluding hydrogens is 469 g/mol. The average Bonchev–Trinajstić information content (AvgIpc) is 3.11. The molecular formula is C27H31Cl2N3O2. The van der Waals surface area contributed by atoms with E-state index < -0.39 is 0 Å². The van der Waals surface area contributed by atoms with Crippen LogP contribution < -0.4 is 5.32 Å². The summed E-state index contributed by atoms with van der Waals surface area (Å²) in [7, 11) is 0. The predicted octanol–water partition coefficient (Wildman–Crippen LogP) is 5.57. The Bertz CT molecular complexity index is 1060. The quantitative estimate of drug-likeness (QED) is 0.545. The number of hydrogen-bond acceptors (Lipinski definition) is 4. The van der Waals surface area contributed by atoms with E-state index in [-0.39, 0.29) is 29.3 Å². The van der Waals surface area contributed by atoms with Gasteiger partial charge in [0.2, 0.25) is 0 Å². The lowest BCUT2D eigenvalue weighted by Crippen LogP contribution is -2.47. The molecule has 2 amide bonds. The molecule has 1 unspecified atom stereocenters. The fourth-order valence-corrected chi connectivity index (χ4v) is 6.41. The number of benzene rings is 2. The number of piperazine rings is 1. The van der Waals surface area contributed by atoms with Gasteiger partial charge in [0.15, 0.2) is 0 Å². The van der Waals surface area contributed by atoms with Crippen LogP contribution in [-0.4, -0.2) is 53.8 Å². The summed E-state index contributed by atoms with van der Waals surface area (Å²) in [5.74, 6) is -0.280. The van der Waals surface area contributed by atoms with Gasteiger partial charge in [0.05, 0.1) is 21.2 Å². The number of hydrogen-bond donors (Lipinski definition) is 1. The van der Waals surface area contributed by atoms with Gasteiger partial charge in [-0.25, -0.2) is 0 Å². The van der Waals surface area contributed by atoms with Crippen molar-refractivity contribution in [1.82, 2.24) is 15.1 Å². The number of fused-ring (bicyclic) bond motifs is 1. The molecule has 0 radical (unpaired) electrons. The Kier molecular flexibility index (Phi) is 6.73. The Hall–Kier alpha value is -1.92. The monoisotopic (exact) mass is 499 g/mol. The molecule has 0 aromatic heterocycles. The van der Waals surface area contributed by atoms with Gasteiger partial charge in [-0.3, -0.25) is 19.4 Å². The lowest BCUT2D eigenvalue weighted by atomic mass is 9.69. The third kappa shape index (κ3) is 4.39. The van der Waals surface area contributed by atoms with Crippen LogP contribution in [-0.2, 0) is 0 Å². The molecule has 5 rings (SSSR count). The minimum atomic E-state index is -0.140. The second kappa shape index (κ2) is 9.62. The molecule has 1 N–H and O–H groups in total. The Morgan fingerprint density at radius 1 is 0.971 bits per heavy atom. The van der Waals surface area contributed by atoms with Crippen molar-refractivity contribution in [3.8, 4) is 0 Å². The minimum absolute atomic E-state index is 0.0344. The van der Waals surface area contributed by atoms with Crippen LogP contribution in [0.2, 0.25) is 10.0 Å². The highest BCUT2D eigenvalue weighted by atomic mass is 35.5. The second-order valence-corrected chi connectivity index (χ2v) is 11.0. The predicted molar refractivity (Wildman–Crippen MR) is 136 cm³/mol. The maximum Gasteiger partial charge on any atom is 0.261 e. The molecule has 5 nitrogen and oxygen atoms in total. The van der Waals surface area contributed by atoms with Gasteiger partial charge in [-0.05, 0) is 61.3 Å². The number of imide groups is 1. The summed E-state index contributed by atoms with van der Waals surface area (Å²) < 4.78 is 0. The SMILES string of the molecule is CC1(CC(c2cccc(Cl)c2Cl)N2CCNCC2)CCC(N2C(=O)c3ccccc3C2=O)CC1. The molecule has 1 saturated carbocycles. The lowest BCUT2D eigenvalue weighted by molar-refractivity contribution is 0.0413. The zero-order valence-corrected chi connectivity index (χ0v) is 21.0. The summed E-state index contributed by atoms with van der Waals surface area (Å²) in [5.41, 5.74) is 2.27. The van der Waals surface area contributed by atoms with Crippen LogP contribution in [0.25, 0.3) is 0 Å². The van der Waals surface area contributed by atoms with Crippen LogP contribution in [0.1, 0.15) is 71.3 Å². The first kappa shape index (κ1) is 23.8. The number of nitrogens with zero attached hydrogens (tertiary/aromatic N) is 2. The lowest BCUT2D eigenvalue weighted by Gasteiger charge is -2.45. The minimum Gasteiger partial charge on any atom is -0.314 e. The summed E-state index contributed by atoms with van der Waals surface area (Å²) >= 11 is 13.1. The molecule has 2 aliphatic heterocycles. The van der Waals surface area contributed by atoms with Gasteiger partial charge in [-0.1, -0.05) is 54.4 Å². The molecule has 1 saturated heterocycles. The highest BCUT2D eigenvalue weighted by Crippen LogP contribution is 2.47. The fourth-order valence-electron chi connectivity index (χ4n) is 5.98. The standard InChI is InChI=1S/C27H31Cl2N3O2/c1-27(17-23(31-15-13-30-14-16-31)21-7-4-8-22(28)24(21)29)11-9-18(10-12-27)32-25(33)19-5-2-3-6-20(19)26(32)34/h2-8,18,23,30H,9-17H2,1H3. The highest BCUT2D eigenvalue weighted by Gasteiger charge is 2.44. The van der Waals surface area contributed by atoms with Crippen LogP contribution in [0, 0.1) is 5.41 Å². The maximum atomic E-state index is 13.0. The highest BCUT2D eigenvalue weighted by molar-refractivity contribution is 6.42. The Morgan fingerprint density at radius 3 is 2.21 bits per heavy atom. The summed E-state index contributed by atoms with van der Waals surface area (Å²) in [4.78, 5) is 30.0. The molecule has 0 spiro atoms.